The third-order valence-electron chi connectivity index (χ3n) is 4.25. The lowest BCUT2D eigenvalue weighted by Crippen LogP contribution is -2.35. The molecule has 6 heteroatoms. The smallest absolute Gasteiger partial charge is 0.233 e. The van der Waals surface area contributed by atoms with E-state index in [-0.39, 0.29) is 5.91 Å². The number of likely N-dealkylation sites (tertiary alicyclic amines) is 1. The maximum atomic E-state index is 12.4. The van der Waals surface area contributed by atoms with Crippen LogP contribution in [0.2, 0.25) is 0 Å². The van der Waals surface area contributed by atoms with Gasteiger partial charge in [0.05, 0.1) is 5.75 Å². The molecule has 0 radical (unpaired) electrons. The molecule has 0 atom stereocenters. The summed E-state index contributed by atoms with van der Waals surface area (Å²) in [5.74, 6) is 1.29. The normalized spacial score (nSPS) is 15.9. The van der Waals surface area contributed by atoms with Crippen molar-refractivity contribution in [1.29, 1.82) is 0 Å². The van der Waals surface area contributed by atoms with Crippen LogP contribution in [0.1, 0.15) is 43.5 Å². The summed E-state index contributed by atoms with van der Waals surface area (Å²) in [4.78, 5) is 18.8. The van der Waals surface area contributed by atoms with Crippen LogP contribution in [0.5, 0.6) is 0 Å². The molecule has 25 heavy (non-hydrogen) atoms. The molecule has 1 aromatic heterocycles. The summed E-state index contributed by atoms with van der Waals surface area (Å²) in [6, 6.07) is 10.0. The molecule has 0 bridgehead atoms. The lowest BCUT2D eigenvalue weighted by molar-refractivity contribution is -0.128. The minimum Gasteiger partial charge on any atom is -0.342 e. The van der Waals surface area contributed by atoms with Gasteiger partial charge in [0.1, 0.15) is 5.82 Å². The molecule has 1 saturated heterocycles. The van der Waals surface area contributed by atoms with Crippen LogP contribution in [0.4, 0.5) is 0 Å². The molecule has 2 heterocycles. The van der Waals surface area contributed by atoms with Gasteiger partial charge in [0.25, 0.3) is 0 Å². The topological polar surface area (TPSA) is 61.9 Å². The van der Waals surface area contributed by atoms with E-state index in [0.29, 0.717) is 16.7 Å². The van der Waals surface area contributed by atoms with E-state index in [0.717, 1.165) is 31.5 Å². The van der Waals surface area contributed by atoms with Gasteiger partial charge in [-0.15, -0.1) is 5.10 Å². The molecule has 1 N–H and O–H groups in total. The Labute approximate surface area is 152 Å². The Kier molecular flexibility index (Phi) is 6.68. The van der Waals surface area contributed by atoms with Gasteiger partial charge in [0, 0.05) is 13.1 Å². The highest BCUT2D eigenvalue weighted by atomic mass is 32.2. The minimum absolute atomic E-state index is 0.193. The SMILES string of the molecule is O=C(CSc1n[nH]c(C=Cc2ccccc2)n1)N1CCCCCCC1. The Morgan fingerprint density at radius 3 is 2.56 bits per heavy atom. The van der Waals surface area contributed by atoms with Crippen LogP contribution in [0.3, 0.4) is 0 Å². The van der Waals surface area contributed by atoms with Gasteiger partial charge in [-0.2, -0.15) is 0 Å². The Balaban J connectivity index is 1.49. The molecular formula is C19H24N4OS. The molecule has 1 fully saturated rings. The summed E-state index contributed by atoms with van der Waals surface area (Å²) in [6.45, 7) is 1.77. The van der Waals surface area contributed by atoms with E-state index < -0.39 is 0 Å². The average molecular weight is 356 g/mol. The largest absolute Gasteiger partial charge is 0.342 e. The van der Waals surface area contributed by atoms with Crippen LogP contribution in [-0.4, -0.2) is 44.8 Å². The molecule has 1 aliphatic rings. The van der Waals surface area contributed by atoms with Crippen molar-refractivity contribution in [3.05, 3.63) is 41.7 Å². The van der Waals surface area contributed by atoms with Crippen molar-refractivity contribution in [2.75, 3.05) is 18.8 Å². The molecular weight excluding hydrogens is 332 g/mol. The van der Waals surface area contributed by atoms with E-state index in [4.69, 9.17) is 0 Å². The van der Waals surface area contributed by atoms with Crippen LogP contribution in [-0.2, 0) is 4.79 Å². The fourth-order valence-corrected chi connectivity index (χ4v) is 3.56. The molecule has 5 nitrogen and oxygen atoms in total. The number of nitrogens with zero attached hydrogens (tertiary/aromatic N) is 3. The average Bonchev–Trinajstić information content (AvgIpc) is 3.06. The number of hydrogen-bond acceptors (Lipinski definition) is 4. The Hall–Kier alpha value is -2.08. The summed E-state index contributed by atoms with van der Waals surface area (Å²) in [5, 5.41) is 7.71. The fraction of sp³-hybridized carbons (Fsp3) is 0.421. The van der Waals surface area contributed by atoms with Crippen molar-refractivity contribution in [2.24, 2.45) is 0 Å². The van der Waals surface area contributed by atoms with E-state index in [1.807, 2.05) is 47.4 Å². The number of aromatic nitrogens is 3. The third kappa shape index (κ3) is 5.74. The number of carbonyl (C=O) groups excluding carboxylic acids is 1. The van der Waals surface area contributed by atoms with Gasteiger partial charge in [-0.25, -0.2) is 4.98 Å². The van der Waals surface area contributed by atoms with Gasteiger partial charge >= 0.3 is 0 Å². The number of H-pyrrole nitrogens is 1. The molecule has 1 aromatic carbocycles. The highest BCUT2D eigenvalue weighted by molar-refractivity contribution is 7.99. The summed E-state index contributed by atoms with van der Waals surface area (Å²) in [7, 11) is 0. The predicted molar refractivity (Wildman–Crippen MR) is 102 cm³/mol. The van der Waals surface area contributed by atoms with Crippen molar-refractivity contribution in [3.63, 3.8) is 0 Å². The predicted octanol–water partition coefficient (Wildman–Crippen LogP) is 3.86. The summed E-state index contributed by atoms with van der Waals surface area (Å²) < 4.78 is 0. The number of carbonyl (C=O) groups is 1. The minimum atomic E-state index is 0.193. The molecule has 0 aliphatic carbocycles. The standard InChI is InChI=1S/C19H24N4OS/c24-18(23-13-7-2-1-3-8-14-23)15-25-19-20-17(21-22-19)12-11-16-9-5-4-6-10-16/h4-6,9-12H,1-3,7-8,13-15H2,(H,20,21,22). The van der Waals surface area contributed by atoms with Gasteiger partial charge in [-0.3, -0.25) is 9.89 Å². The van der Waals surface area contributed by atoms with Gasteiger partial charge in [-0.05, 0) is 24.5 Å². The molecule has 132 valence electrons. The zero-order chi connectivity index (χ0) is 17.3. The number of hydrogen-bond donors (Lipinski definition) is 1. The molecule has 3 rings (SSSR count). The maximum Gasteiger partial charge on any atom is 0.233 e. The second-order valence-electron chi connectivity index (χ2n) is 6.18. The second-order valence-corrected chi connectivity index (χ2v) is 7.13. The van der Waals surface area contributed by atoms with Crippen LogP contribution in [0.25, 0.3) is 12.2 Å². The first-order valence-corrected chi connectivity index (χ1v) is 9.86. The molecule has 2 aromatic rings. The number of nitrogens with one attached hydrogen (secondary N) is 1. The monoisotopic (exact) mass is 356 g/mol. The van der Waals surface area contributed by atoms with E-state index in [1.165, 1.54) is 31.0 Å². The van der Waals surface area contributed by atoms with Gasteiger partial charge < -0.3 is 4.90 Å². The third-order valence-corrected chi connectivity index (χ3v) is 5.08. The summed E-state index contributed by atoms with van der Waals surface area (Å²) >= 11 is 1.40. The Morgan fingerprint density at radius 1 is 1.08 bits per heavy atom. The number of benzene rings is 1. The zero-order valence-electron chi connectivity index (χ0n) is 14.4. The van der Waals surface area contributed by atoms with Crippen molar-refractivity contribution in [2.45, 2.75) is 37.3 Å². The van der Waals surface area contributed by atoms with Crippen LogP contribution < -0.4 is 0 Å². The van der Waals surface area contributed by atoms with Gasteiger partial charge in [-0.1, -0.05) is 67.4 Å². The summed E-state index contributed by atoms with van der Waals surface area (Å²) in [6.07, 6.45) is 9.88. The number of amides is 1. The highest BCUT2D eigenvalue weighted by Gasteiger charge is 2.15. The lowest BCUT2D eigenvalue weighted by Gasteiger charge is -2.24. The fourth-order valence-electron chi connectivity index (χ4n) is 2.85. The highest BCUT2D eigenvalue weighted by Crippen LogP contribution is 2.16. The number of rotatable bonds is 5. The lowest BCUT2D eigenvalue weighted by atomic mass is 10.1. The van der Waals surface area contributed by atoms with E-state index in [2.05, 4.69) is 15.2 Å². The van der Waals surface area contributed by atoms with E-state index >= 15 is 0 Å². The Morgan fingerprint density at radius 2 is 1.80 bits per heavy atom. The van der Waals surface area contributed by atoms with Crippen LogP contribution >= 0.6 is 11.8 Å². The molecule has 0 spiro atoms. The molecule has 0 saturated carbocycles. The quantitative estimate of drug-likeness (QED) is 0.827. The van der Waals surface area contributed by atoms with E-state index in [1.54, 1.807) is 0 Å². The van der Waals surface area contributed by atoms with Crippen LogP contribution in [0.15, 0.2) is 35.5 Å². The van der Waals surface area contributed by atoms with Gasteiger partial charge in [0.15, 0.2) is 0 Å². The van der Waals surface area contributed by atoms with Gasteiger partial charge in [0.2, 0.25) is 11.1 Å². The zero-order valence-corrected chi connectivity index (χ0v) is 15.2. The maximum absolute atomic E-state index is 12.4. The number of thioether (sulfide) groups is 1. The molecule has 1 aliphatic heterocycles. The van der Waals surface area contributed by atoms with Crippen molar-refractivity contribution >= 4 is 29.8 Å². The molecule has 0 unspecified atom stereocenters. The first-order valence-electron chi connectivity index (χ1n) is 8.87. The first-order chi connectivity index (χ1) is 12.3. The Bertz CT molecular complexity index is 690. The van der Waals surface area contributed by atoms with Crippen molar-refractivity contribution < 1.29 is 4.79 Å². The van der Waals surface area contributed by atoms with Crippen molar-refractivity contribution in [3.8, 4) is 0 Å². The first kappa shape index (κ1) is 17.7. The second kappa shape index (κ2) is 9.42. The van der Waals surface area contributed by atoms with E-state index in [9.17, 15) is 4.79 Å². The number of aromatic amines is 1. The molecule has 1 amide bonds. The summed E-state index contributed by atoms with van der Waals surface area (Å²) in [5.41, 5.74) is 1.11. The van der Waals surface area contributed by atoms with Crippen LogP contribution in [0, 0.1) is 0 Å². The van der Waals surface area contributed by atoms with Crippen molar-refractivity contribution in [1.82, 2.24) is 20.1 Å².